The lowest BCUT2D eigenvalue weighted by atomic mass is 10.0. The Labute approximate surface area is 278 Å². The number of hydrogen-bond acceptors (Lipinski definition) is 16. The number of nitrogens with two attached hydrogens (primary N) is 1. The summed E-state index contributed by atoms with van der Waals surface area (Å²) in [5.41, 5.74) is 6.48. The number of carbonyl (C=O) groups is 5. The van der Waals surface area contributed by atoms with Gasteiger partial charge in [-0.25, -0.2) is 14.8 Å². The average molecular weight is 703 g/mol. The van der Waals surface area contributed by atoms with Crippen molar-refractivity contribution in [3.8, 4) is 22.8 Å². The van der Waals surface area contributed by atoms with Crippen LogP contribution in [0.15, 0.2) is 55.8 Å². The van der Waals surface area contributed by atoms with Crippen molar-refractivity contribution in [1.82, 2.24) is 20.2 Å². The number of aliphatic carboxylic acids is 1. The largest absolute Gasteiger partial charge is 0.477 e. The molecule has 2 aromatic heterocycles. The van der Waals surface area contributed by atoms with Gasteiger partial charge in [0.25, 0.3) is 17.0 Å². The molecular formula is C28H26N6O10S3. The summed E-state index contributed by atoms with van der Waals surface area (Å²) in [4.78, 5) is 76.1. The zero-order valence-electron chi connectivity index (χ0n) is 24.9. The van der Waals surface area contributed by atoms with Crippen LogP contribution in [0.25, 0.3) is 11.3 Å². The van der Waals surface area contributed by atoms with Gasteiger partial charge in [-0.15, -0.1) is 23.1 Å². The first-order valence-corrected chi connectivity index (χ1v) is 16.6. The number of nitrogens with zero attached hydrogens (tertiary/aromatic N) is 4. The molecule has 0 spiro atoms. The first-order chi connectivity index (χ1) is 22.5. The van der Waals surface area contributed by atoms with E-state index in [9.17, 15) is 29.1 Å². The number of anilines is 1. The molecule has 1 saturated heterocycles. The molecule has 2 aliphatic heterocycles. The number of aromatic nitrogens is 2. The maximum absolute atomic E-state index is 13.2. The van der Waals surface area contributed by atoms with Crippen LogP contribution in [0, 0.1) is 0 Å². The molecule has 5 rings (SSSR count). The van der Waals surface area contributed by atoms with E-state index in [1.807, 2.05) is 0 Å². The summed E-state index contributed by atoms with van der Waals surface area (Å²) >= 11 is 3.53. The summed E-state index contributed by atoms with van der Waals surface area (Å²) in [5.74, 6) is -3.03. The third kappa shape index (κ3) is 7.42. The summed E-state index contributed by atoms with van der Waals surface area (Å²) < 4.78 is 16.1. The van der Waals surface area contributed by atoms with Crippen LogP contribution in [0.2, 0.25) is 0 Å². The molecule has 1 fully saturated rings. The van der Waals surface area contributed by atoms with Gasteiger partial charge in [0.15, 0.2) is 28.1 Å². The van der Waals surface area contributed by atoms with Crippen LogP contribution >= 0.6 is 34.9 Å². The van der Waals surface area contributed by atoms with Crippen molar-refractivity contribution in [2.45, 2.75) is 37.4 Å². The van der Waals surface area contributed by atoms with Crippen molar-refractivity contribution in [1.29, 1.82) is 0 Å². The smallest absolute Gasteiger partial charge is 0.352 e. The number of β-lactam (4-membered cyclic amide) rings is 1. The molecule has 0 radical (unpaired) electrons. The number of nitrogen functional groups attached to an aromatic ring is 1. The Balaban J connectivity index is 1.28. The highest BCUT2D eigenvalue weighted by Crippen LogP contribution is 2.42. The maximum Gasteiger partial charge on any atom is 0.352 e. The minimum Gasteiger partial charge on any atom is -0.477 e. The number of carboxylic acids is 1. The Hall–Kier alpha value is -4.88. The van der Waals surface area contributed by atoms with Crippen molar-refractivity contribution >= 4 is 75.4 Å². The fourth-order valence-corrected chi connectivity index (χ4v) is 7.31. The number of esters is 2. The minimum absolute atomic E-state index is 0.0141. The third-order valence-electron chi connectivity index (χ3n) is 6.39. The fourth-order valence-electron chi connectivity index (χ4n) is 4.48. The molecule has 2 atom stereocenters. The second-order valence-corrected chi connectivity index (χ2v) is 12.6. The zero-order valence-corrected chi connectivity index (χ0v) is 27.3. The highest BCUT2D eigenvalue weighted by Gasteiger charge is 2.54. The van der Waals surface area contributed by atoms with Crippen molar-refractivity contribution < 1.29 is 47.8 Å². The Kier molecular flexibility index (Phi) is 10.2. The van der Waals surface area contributed by atoms with Crippen LogP contribution < -0.4 is 20.5 Å². The quantitative estimate of drug-likeness (QED) is 0.0615. The van der Waals surface area contributed by atoms with E-state index >= 15 is 0 Å². The van der Waals surface area contributed by atoms with Gasteiger partial charge in [0, 0.05) is 36.3 Å². The van der Waals surface area contributed by atoms with Crippen LogP contribution in [0.5, 0.6) is 11.5 Å². The van der Waals surface area contributed by atoms with Gasteiger partial charge in [0.05, 0.1) is 6.20 Å². The third-order valence-corrected chi connectivity index (χ3v) is 9.33. The second-order valence-electron chi connectivity index (χ2n) is 9.67. The van der Waals surface area contributed by atoms with Crippen molar-refractivity contribution in [3.63, 3.8) is 0 Å². The zero-order chi connectivity index (χ0) is 33.8. The molecule has 0 bridgehead atoms. The van der Waals surface area contributed by atoms with Crippen LogP contribution in [-0.4, -0.2) is 84.9 Å². The van der Waals surface area contributed by atoms with Gasteiger partial charge < -0.3 is 34.9 Å². The van der Waals surface area contributed by atoms with Crippen LogP contribution in [0.1, 0.15) is 26.5 Å². The summed E-state index contributed by atoms with van der Waals surface area (Å²) in [6.45, 7) is 4.30. The minimum atomic E-state index is -1.29. The lowest BCUT2D eigenvalue weighted by Gasteiger charge is -2.49. The predicted molar refractivity (Wildman–Crippen MR) is 170 cm³/mol. The molecule has 16 nitrogen and oxygen atoms in total. The van der Waals surface area contributed by atoms with E-state index in [0.29, 0.717) is 16.9 Å². The topological polar surface area (TPSA) is 226 Å². The summed E-state index contributed by atoms with van der Waals surface area (Å²) in [6.07, 6.45) is 1.44. The van der Waals surface area contributed by atoms with Crippen molar-refractivity contribution in [2.75, 3.05) is 23.8 Å². The van der Waals surface area contributed by atoms with Gasteiger partial charge in [-0.3, -0.25) is 24.1 Å². The first kappa shape index (κ1) is 33.5. The number of carboxylic acid groups (broad SMARTS) is 1. The Morgan fingerprint density at radius 1 is 1.21 bits per heavy atom. The van der Waals surface area contributed by atoms with E-state index in [1.165, 1.54) is 49.3 Å². The number of amides is 2. The summed E-state index contributed by atoms with van der Waals surface area (Å²) in [6, 6.07) is 3.49. The molecule has 47 heavy (non-hydrogen) atoms. The van der Waals surface area contributed by atoms with Gasteiger partial charge >= 0.3 is 17.9 Å². The molecule has 3 aromatic rings. The molecule has 4 N–H and O–H groups in total. The monoisotopic (exact) mass is 702 g/mol. The fraction of sp³-hybridized carbons (Fsp3) is 0.286. The van der Waals surface area contributed by atoms with Gasteiger partial charge in [0.2, 0.25) is 0 Å². The molecule has 4 heterocycles. The van der Waals surface area contributed by atoms with Gasteiger partial charge in [-0.2, -0.15) is 0 Å². The standard InChI is InChI=1S/C28H26N6O10S3/c1-4-41-33-20(16-11-46-27(29)31-16)23(37)32-21-24(38)34-22(26(39)40)15(9-45-25(21)34)10-47-28-30-8-19(44-28)14-5-6-17(42-12(2)35)18(7-14)43-13(3)36/h5-8,11,21,25H,4,9-10H2,1-3H3,(H2,29,31)(H,32,37)(H,39,40)/t21-,25+/m1/s1. The van der Waals surface area contributed by atoms with Gasteiger partial charge in [0.1, 0.15) is 29.4 Å². The number of hydrogen-bond donors (Lipinski definition) is 3. The molecule has 0 aliphatic carbocycles. The molecule has 246 valence electrons. The number of nitrogens with one attached hydrogen (secondary N) is 1. The molecule has 19 heteroatoms. The number of thiazole rings is 1. The molecule has 2 amide bonds. The van der Waals surface area contributed by atoms with Crippen molar-refractivity contribution in [2.24, 2.45) is 5.16 Å². The normalized spacial score (nSPS) is 17.5. The molecule has 2 aliphatic rings. The number of thioether (sulfide) groups is 2. The molecule has 0 saturated carbocycles. The molecule has 0 unspecified atom stereocenters. The van der Waals surface area contributed by atoms with Crippen LogP contribution in [0.4, 0.5) is 5.13 Å². The van der Waals surface area contributed by atoms with E-state index in [0.717, 1.165) is 28.0 Å². The van der Waals surface area contributed by atoms with Crippen molar-refractivity contribution in [3.05, 3.63) is 46.7 Å². The Morgan fingerprint density at radius 3 is 2.62 bits per heavy atom. The number of ether oxygens (including phenoxy) is 2. The molecule has 1 aromatic carbocycles. The predicted octanol–water partition coefficient (Wildman–Crippen LogP) is 2.50. The summed E-state index contributed by atoms with van der Waals surface area (Å²) in [7, 11) is 0. The Morgan fingerprint density at radius 2 is 1.96 bits per heavy atom. The SMILES string of the molecule is CCON=C(C(=O)N[C@@H]1C(=O)N2C(C(=O)O)=C(CSc3ncc(-c4ccc(OC(C)=O)c(OC(C)=O)c4)o3)CS[C@@H]12)c1csc(N)n1. The van der Waals surface area contributed by atoms with E-state index in [1.54, 1.807) is 13.0 Å². The maximum atomic E-state index is 13.2. The second kappa shape index (κ2) is 14.3. The number of carbonyl (C=O) groups excluding carboxylic acids is 4. The van der Waals surface area contributed by atoms with E-state index in [-0.39, 0.29) is 57.1 Å². The number of oxime groups is 1. The van der Waals surface area contributed by atoms with Gasteiger partial charge in [-0.05, 0) is 30.7 Å². The van der Waals surface area contributed by atoms with E-state index in [4.69, 9.17) is 24.5 Å². The number of oxazole rings is 1. The Bertz CT molecular complexity index is 1820. The molecular weight excluding hydrogens is 677 g/mol. The highest BCUT2D eigenvalue weighted by atomic mass is 32.2. The van der Waals surface area contributed by atoms with Gasteiger partial charge in [-0.1, -0.05) is 16.9 Å². The lowest BCUT2D eigenvalue weighted by Crippen LogP contribution is -2.71. The number of benzene rings is 1. The van der Waals surface area contributed by atoms with Crippen LogP contribution in [-0.2, 0) is 28.8 Å². The van der Waals surface area contributed by atoms with E-state index in [2.05, 4.69) is 20.4 Å². The summed E-state index contributed by atoms with van der Waals surface area (Å²) in [5, 5.41) is 17.8. The highest BCUT2D eigenvalue weighted by molar-refractivity contribution is 8.01. The lowest BCUT2D eigenvalue weighted by molar-refractivity contribution is -0.150. The number of rotatable bonds is 12. The van der Waals surface area contributed by atoms with E-state index < -0.39 is 41.1 Å². The first-order valence-electron chi connectivity index (χ1n) is 13.7. The number of fused-ring (bicyclic) bond motifs is 1. The average Bonchev–Trinajstić information content (AvgIpc) is 3.68. The van der Waals surface area contributed by atoms with Crippen LogP contribution in [0.3, 0.4) is 0 Å².